The third-order valence-electron chi connectivity index (χ3n) is 6.44. The molecule has 0 radical (unpaired) electrons. The van der Waals surface area contributed by atoms with Crippen LogP contribution in [0.1, 0.15) is 59.5 Å². The van der Waals surface area contributed by atoms with Crippen molar-refractivity contribution >= 4 is 11.6 Å². The van der Waals surface area contributed by atoms with Crippen molar-refractivity contribution in [1.82, 2.24) is 14.9 Å². The highest BCUT2D eigenvalue weighted by Gasteiger charge is 2.28. The molecule has 0 atom stereocenters. The number of likely N-dealkylation sites (tertiary alicyclic amines) is 1. The maximum Gasteiger partial charge on any atom is 0.227 e. The van der Waals surface area contributed by atoms with Gasteiger partial charge in [-0.15, -0.1) is 0 Å². The highest BCUT2D eigenvalue weighted by molar-refractivity contribution is 5.99. The summed E-state index contributed by atoms with van der Waals surface area (Å²) in [5.74, 6) is -0.252. The average molecular weight is 493 g/mol. The van der Waals surface area contributed by atoms with Crippen LogP contribution < -0.4 is 4.84 Å². The number of carbonyl (C=O) groups excluding carboxylic acids is 1. The Labute approximate surface area is 210 Å². The molecule has 2 aromatic carbocycles. The van der Waals surface area contributed by atoms with Gasteiger partial charge in [-0.1, -0.05) is 17.3 Å². The molecule has 0 aliphatic carbocycles. The number of piperidine rings is 1. The molecule has 8 heteroatoms. The van der Waals surface area contributed by atoms with Gasteiger partial charge in [-0.25, -0.2) is 18.7 Å². The number of amides is 1. The summed E-state index contributed by atoms with van der Waals surface area (Å²) < 4.78 is 28.0. The standard InChI is InChI=1S/C28H30F2N4O2/c1-17-12-18(2)14-22(13-17)36-33-19(3)24-16-31-20(4)32-28(24)21-8-10-34(11-9-21)27(35)15-23-25(29)6-5-7-26(23)30/h5-7,12-14,16,21H,8-11,15H2,1-4H3/b33-19-. The van der Waals surface area contributed by atoms with Gasteiger partial charge in [0.1, 0.15) is 17.5 Å². The first kappa shape index (κ1) is 25.4. The number of carbonyl (C=O) groups is 1. The predicted molar refractivity (Wildman–Crippen MR) is 134 cm³/mol. The van der Waals surface area contributed by atoms with Crippen LogP contribution in [0.15, 0.2) is 47.8 Å². The van der Waals surface area contributed by atoms with Gasteiger partial charge < -0.3 is 9.74 Å². The van der Waals surface area contributed by atoms with Crippen LogP contribution in [0.25, 0.3) is 0 Å². The zero-order valence-electron chi connectivity index (χ0n) is 21.0. The molecule has 0 bridgehead atoms. The molecule has 0 saturated carbocycles. The topological polar surface area (TPSA) is 67.7 Å². The average Bonchev–Trinajstić information content (AvgIpc) is 2.84. The van der Waals surface area contributed by atoms with Gasteiger partial charge in [-0.3, -0.25) is 4.79 Å². The van der Waals surface area contributed by atoms with E-state index in [1.165, 1.54) is 18.2 Å². The van der Waals surface area contributed by atoms with Gasteiger partial charge in [0, 0.05) is 36.3 Å². The summed E-state index contributed by atoms with van der Waals surface area (Å²) in [5.41, 5.74) is 4.35. The first-order valence-corrected chi connectivity index (χ1v) is 12.1. The molecule has 1 saturated heterocycles. The van der Waals surface area contributed by atoms with Gasteiger partial charge in [0.15, 0.2) is 5.75 Å². The zero-order valence-corrected chi connectivity index (χ0v) is 21.0. The maximum absolute atomic E-state index is 14.0. The highest BCUT2D eigenvalue weighted by Crippen LogP contribution is 2.30. The first-order chi connectivity index (χ1) is 17.2. The summed E-state index contributed by atoms with van der Waals surface area (Å²) in [5, 5.41) is 4.34. The van der Waals surface area contributed by atoms with Gasteiger partial charge in [0.2, 0.25) is 5.91 Å². The van der Waals surface area contributed by atoms with Crippen molar-refractivity contribution in [2.75, 3.05) is 13.1 Å². The Hall–Kier alpha value is -3.68. The molecule has 1 aromatic heterocycles. The maximum atomic E-state index is 14.0. The van der Waals surface area contributed by atoms with Crippen LogP contribution in [-0.2, 0) is 11.2 Å². The summed E-state index contributed by atoms with van der Waals surface area (Å²) in [6.45, 7) is 8.68. The molecule has 1 aliphatic heterocycles. The van der Waals surface area contributed by atoms with Crippen LogP contribution in [0.2, 0.25) is 0 Å². The Morgan fingerprint density at radius 2 is 1.72 bits per heavy atom. The third-order valence-corrected chi connectivity index (χ3v) is 6.44. The molecule has 36 heavy (non-hydrogen) atoms. The van der Waals surface area contributed by atoms with Gasteiger partial charge >= 0.3 is 0 Å². The summed E-state index contributed by atoms with van der Waals surface area (Å²) >= 11 is 0. The first-order valence-electron chi connectivity index (χ1n) is 12.1. The molecule has 0 N–H and O–H groups in total. The SMILES string of the molecule is C/C(=N/Oc1cc(C)cc(C)c1)c1cnc(C)nc1C1CCN(C(=O)Cc2c(F)cccc2F)CC1. The lowest BCUT2D eigenvalue weighted by Gasteiger charge is -2.32. The van der Waals surface area contributed by atoms with E-state index in [-0.39, 0.29) is 23.8 Å². The molecule has 1 amide bonds. The summed E-state index contributed by atoms with van der Waals surface area (Å²) in [7, 11) is 0. The Kier molecular flexibility index (Phi) is 7.72. The lowest BCUT2D eigenvalue weighted by Crippen LogP contribution is -2.39. The summed E-state index contributed by atoms with van der Waals surface area (Å²) in [6, 6.07) is 9.56. The van der Waals surface area contributed by atoms with E-state index < -0.39 is 11.6 Å². The van der Waals surface area contributed by atoms with Crippen LogP contribution >= 0.6 is 0 Å². The molecule has 0 unspecified atom stereocenters. The molecule has 3 aromatic rings. The van der Waals surface area contributed by atoms with Crippen LogP contribution in [0.4, 0.5) is 8.78 Å². The van der Waals surface area contributed by atoms with Gasteiger partial charge in [-0.05, 0) is 75.9 Å². The van der Waals surface area contributed by atoms with Gasteiger partial charge in [0.05, 0.1) is 17.8 Å². The zero-order chi connectivity index (χ0) is 25.8. The normalized spacial score (nSPS) is 14.7. The molecule has 4 rings (SSSR count). The number of hydrogen-bond donors (Lipinski definition) is 0. The van der Waals surface area contributed by atoms with Gasteiger partial charge in [-0.2, -0.15) is 0 Å². The van der Waals surface area contributed by atoms with E-state index in [2.05, 4.69) is 16.2 Å². The number of benzene rings is 2. The smallest absolute Gasteiger partial charge is 0.227 e. The number of rotatable bonds is 6. The Morgan fingerprint density at radius 1 is 1.08 bits per heavy atom. The minimum atomic E-state index is -0.697. The fourth-order valence-corrected chi connectivity index (χ4v) is 4.60. The summed E-state index contributed by atoms with van der Waals surface area (Å²) in [6.07, 6.45) is 2.84. The van der Waals surface area contributed by atoms with E-state index in [0.29, 0.717) is 43.2 Å². The number of nitrogens with zero attached hydrogens (tertiary/aromatic N) is 4. The van der Waals surface area contributed by atoms with Crippen molar-refractivity contribution in [1.29, 1.82) is 0 Å². The molecule has 1 aliphatic rings. The van der Waals surface area contributed by atoms with E-state index in [1.54, 1.807) is 11.1 Å². The second kappa shape index (κ2) is 10.9. The van der Waals surface area contributed by atoms with E-state index in [9.17, 15) is 13.6 Å². The van der Waals surface area contributed by atoms with Crippen molar-refractivity contribution in [3.63, 3.8) is 0 Å². The second-order valence-corrected chi connectivity index (χ2v) is 9.34. The number of halogens is 2. The molecular weight excluding hydrogens is 462 g/mol. The number of aromatic nitrogens is 2. The monoisotopic (exact) mass is 492 g/mol. The van der Waals surface area contributed by atoms with Gasteiger partial charge in [0.25, 0.3) is 0 Å². The van der Waals surface area contributed by atoms with Crippen molar-refractivity contribution < 1.29 is 18.4 Å². The van der Waals surface area contributed by atoms with Crippen molar-refractivity contribution in [3.8, 4) is 5.75 Å². The molecule has 0 spiro atoms. The fraction of sp³-hybridized carbons (Fsp3) is 0.357. The van der Waals surface area contributed by atoms with Crippen LogP contribution in [0, 0.1) is 32.4 Å². The van der Waals surface area contributed by atoms with Crippen LogP contribution in [0.5, 0.6) is 5.75 Å². The largest absolute Gasteiger partial charge is 0.357 e. The quantitative estimate of drug-likeness (QED) is 0.340. The lowest BCUT2D eigenvalue weighted by molar-refractivity contribution is -0.131. The molecule has 188 valence electrons. The lowest BCUT2D eigenvalue weighted by atomic mass is 9.89. The number of aryl methyl sites for hydroxylation is 3. The van der Waals surface area contributed by atoms with E-state index >= 15 is 0 Å². The minimum absolute atomic E-state index is 0.0994. The Bertz CT molecular complexity index is 1260. The molecule has 6 nitrogen and oxygen atoms in total. The minimum Gasteiger partial charge on any atom is -0.357 e. The van der Waals surface area contributed by atoms with E-state index in [1.807, 2.05) is 39.8 Å². The molecular formula is C28H30F2N4O2. The molecule has 2 heterocycles. The van der Waals surface area contributed by atoms with Crippen molar-refractivity contribution in [2.45, 2.75) is 52.9 Å². The second-order valence-electron chi connectivity index (χ2n) is 9.34. The predicted octanol–water partition coefficient (Wildman–Crippen LogP) is 5.43. The van der Waals surface area contributed by atoms with E-state index in [4.69, 9.17) is 9.82 Å². The number of oxime groups is 1. The van der Waals surface area contributed by atoms with Crippen molar-refractivity contribution in [3.05, 3.63) is 88.0 Å². The van der Waals surface area contributed by atoms with Crippen LogP contribution in [-0.4, -0.2) is 39.6 Å². The molecule has 1 fully saturated rings. The Balaban J connectivity index is 1.46. The van der Waals surface area contributed by atoms with E-state index in [0.717, 1.165) is 22.4 Å². The number of hydrogen-bond acceptors (Lipinski definition) is 5. The summed E-state index contributed by atoms with van der Waals surface area (Å²) in [4.78, 5) is 29.2. The third kappa shape index (κ3) is 5.93. The highest BCUT2D eigenvalue weighted by atomic mass is 19.1. The van der Waals surface area contributed by atoms with Crippen LogP contribution in [0.3, 0.4) is 0 Å². The fourth-order valence-electron chi connectivity index (χ4n) is 4.60. The Morgan fingerprint density at radius 3 is 2.36 bits per heavy atom. The van der Waals surface area contributed by atoms with Crippen molar-refractivity contribution in [2.24, 2.45) is 5.16 Å².